The summed E-state index contributed by atoms with van der Waals surface area (Å²) in [4.78, 5) is 12.6. The minimum Gasteiger partial charge on any atom is -0.493 e. The van der Waals surface area contributed by atoms with Crippen LogP contribution in [0.1, 0.15) is 18.4 Å². The topological polar surface area (TPSA) is 56.8 Å². The summed E-state index contributed by atoms with van der Waals surface area (Å²) >= 11 is 0. The minimum absolute atomic E-state index is 0.0928. The van der Waals surface area contributed by atoms with E-state index in [2.05, 4.69) is 17.4 Å². The summed E-state index contributed by atoms with van der Waals surface area (Å²) in [6.45, 7) is 1.26. The average molecular weight is 339 g/mol. The van der Waals surface area contributed by atoms with Crippen molar-refractivity contribution < 1.29 is 19.0 Å². The first-order chi connectivity index (χ1) is 12.2. The van der Waals surface area contributed by atoms with Crippen LogP contribution >= 0.6 is 0 Å². The van der Waals surface area contributed by atoms with Gasteiger partial charge >= 0.3 is 0 Å². The Bertz CT molecular complexity index is 824. The van der Waals surface area contributed by atoms with Gasteiger partial charge in [-0.3, -0.25) is 4.79 Å². The smallest absolute Gasteiger partial charge is 0.235 e. The third-order valence-electron chi connectivity index (χ3n) is 5.28. The lowest BCUT2D eigenvalue weighted by Gasteiger charge is -2.31. The van der Waals surface area contributed by atoms with E-state index in [-0.39, 0.29) is 5.91 Å². The molecule has 0 bridgehead atoms. The number of fused-ring (bicyclic) bond motifs is 2. The van der Waals surface area contributed by atoms with Crippen LogP contribution in [0.15, 0.2) is 36.4 Å². The summed E-state index contributed by atoms with van der Waals surface area (Å²) in [6, 6.07) is 12.0. The Morgan fingerprint density at radius 2 is 1.64 bits per heavy atom. The number of carbonyl (C=O) groups excluding carboxylic acids is 1. The van der Waals surface area contributed by atoms with Crippen molar-refractivity contribution in [1.82, 2.24) is 0 Å². The van der Waals surface area contributed by atoms with Crippen LogP contribution in [-0.2, 0) is 14.9 Å². The van der Waals surface area contributed by atoms with Crippen molar-refractivity contribution in [2.24, 2.45) is 0 Å². The van der Waals surface area contributed by atoms with Gasteiger partial charge in [0.25, 0.3) is 0 Å². The second kappa shape index (κ2) is 6.08. The third kappa shape index (κ3) is 2.46. The Morgan fingerprint density at radius 1 is 0.960 bits per heavy atom. The summed E-state index contributed by atoms with van der Waals surface area (Å²) in [5, 5.41) is 3.07. The molecule has 2 aromatic rings. The second-order valence-corrected chi connectivity index (χ2v) is 6.48. The van der Waals surface area contributed by atoms with Gasteiger partial charge < -0.3 is 19.5 Å². The van der Waals surface area contributed by atoms with E-state index in [1.54, 1.807) is 14.2 Å². The summed E-state index contributed by atoms with van der Waals surface area (Å²) in [7, 11) is 3.25. The normalized spacial score (nSPS) is 17.9. The van der Waals surface area contributed by atoms with Crippen LogP contribution in [0.3, 0.4) is 0 Å². The first-order valence-electron chi connectivity index (χ1n) is 8.44. The first kappa shape index (κ1) is 16.0. The molecule has 2 aromatic carbocycles. The van der Waals surface area contributed by atoms with Crippen LogP contribution in [-0.4, -0.2) is 33.3 Å². The zero-order chi connectivity index (χ0) is 17.4. The Hall–Kier alpha value is -2.53. The SMILES string of the molecule is COc1ccc(-c2ccc3c(c2)NC(=O)C32CCOCC2)cc1OC. The molecule has 2 aliphatic rings. The fourth-order valence-corrected chi connectivity index (χ4v) is 3.84. The lowest BCUT2D eigenvalue weighted by molar-refractivity contribution is -0.124. The molecule has 5 heteroatoms. The molecule has 0 saturated carbocycles. The number of nitrogens with one attached hydrogen (secondary N) is 1. The molecule has 0 aliphatic carbocycles. The van der Waals surface area contributed by atoms with Crippen LogP contribution in [0.5, 0.6) is 11.5 Å². The zero-order valence-electron chi connectivity index (χ0n) is 14.4. The van der Waals surface area contributed by atoms with E-state index < -0.39 is 5.41 Å². The van der Waals surface area contributed by atoms with Gasteiger partial charge in [-0.2, -0.15) is 0 Å². The number of hydrogen-bond acceptors (Lipinski definition) is 4. The molecular weight excluding hydrogens is 318 g/mol. The fraction of sp³-hybridized carbons (Fsp3) is 0.350. The van der Waals surface area contributed by atoms with Crippen molar-refractivity contribution >= 4 is 11.6 Å². The summed E-state index contributed by atoms with van der Waals surface area (Å²) in [5.41, 5.74) is 3.61. The van der Waals surface area contributed by atoms with E-state index in [4.69, 9.17) is 14.2 Å². The van der Waals surface area contributed by atoms with Crippen molar-refractivity contribution in [3.05, 3.63) is 42.0 Å². The monoisotopic (exact) mass is 339 g/mol. The first-order valence-corrected chi connectivity index (χ1v) is 8.44. The molecule has 25 heavy (non-hydrogen) atoms. The third-order valence-corrected chi connectivity index (χ3v) is 5.28. The molecule has 0 atom stereocenters. The quantitative estimate of drug-likeness (QED) is 0.931. The largest absolute Gasteiger partial charge is 0.493 e. The number of methoxy groups -OCH3 is 2. The maximum atomic E-state index is 12.6. The molecule has 0 unspecified atom stereocenters. The van der Waals surface area contributed by atoms with Crippen LogP contribution < -0.4 is 14.8 Å². The van der Waals surface area contributed by atoms with Crippen molar-refractivity contribution in [1.29, 1.82) is 0 Å². The average Bonchev–Trinajstić information content (AvgIpc) is 2.92. The van der Waals surface area contributed by atoms with Crippen LogP contribution in [0.4, 0.5) is 5.69 Å². The van der Waals surface area contributed by atoms with E-state index in [0.717, 1.165) is 35.2 Å². The van der Waals surface area contributed by atoms with Gasteiger partial charge in [0.2, 0.25) is 5.91 Å². The Balaban J connectivity index is 1.74. The predicted molar refractivity (Wildman–Crippen MR) is 95.3 cm³/mol. The molecule has 130 valence electrons. The number of hydrogen-bond donors (Lipinski definition) is 1. The maximum Gasteiger partial charge on any atom is 0.235 e. The molecule has 1 amide bonds. The molecule has 0 radical (unpaired) electrons. The Kier molecular flexibility index (Phi) is 3.88. The van der Waals surface area contributed by atoms with Crippen molar-refractivity contribution in [3.63, 3.8) is 0 Å². The lowest BCUT2D eigenvalue weighted by atomic mass is 9.75. The molecule has 1 saturated heterocycles. The standard InChI is InChI=1S/C20H21NO4/c1-23-17-6-4-14(12-18(17)24-2)13-3-5-15-16(11-13)21-19(22)20(15)7-9-25-10-8-20/h3-6,11-12H,7-10H2,1-2H3,(H,21,22). The highest BCUT2D eigenvalue weighted by Crippen LogP contribution is 2.46. The van der Waals surface area contributed by atoms with Crippen LogP contribution in [0.2, 0.25) is 0 Å². The molecule has 5 nitrogen and oxygen atoms in total. The van der Waals surface area contributed by atoms with Gasteiger partial charge in [-0.25, -0.2) is 0 Å². The summed E-state index contributed by atoms with van der Waals surface area (Å²) in [6.07, 6.45) is 1.48. The summed E-state index contributed by atoms with van der Waals surface area (Å²) < 4.78 is 16.1. The highest BCUT2D eigenvalue weighted by molar-refractivity contribution is 6.07. The molecule has 1 spiro atoms. The number of ether oxygens (including phenoxy) is 3. The molecule has 0 aromatic heterocycles. The van der Waals surface area contributed by atoms with Gasteiger partial charge in [0.05, 0.1) is 19.6 Å². The maximum absolute atomic E-state index is 12.6. The Morgan fingerprint density at radius 3 is 2.36 bits per heavy atom. The highest BCUT2D eigenvalue weighted by atomic mass is 16.5. The zero-order valence-corrected chi connectivity index (χ0v) is 14.4. The van der Waals surface area contributed by atoms with Gasteiger partial charge in [0.1, 0.15) is 0 Å². The molecule has 1 N–H and O–H groups in total. The van der Waals surface area contributed by atoms with Crippen LogP contribution in [0.25, 0.3) is 11.1 Å². The number of benzene rings is 2. The fourth-order valence-electron chi connectivity index (χ4n) is 3.84. The van der Waals surface area contributed by atoms with E-state index in [0.29, 0.717) is 24.7 Å². The van der Waals surface area contributed by atoms with E-state index in [9.17, 15) is 4.79 Å². The summed E-state index contributed by atoms with van der Waals surface area (Å²) in [5.74, 6) is 1.47. The van der Waals surface area contributed by atoms with E-state index in [1.165, 1.54) is 0 Å². The molecular formula is C20H21NO4. The van der Waals surface area contributed by atoms with Crippen LogP contribution in [0, 0.1) is 0 Å². The number of carbonyl (C=O) groups is 1. The van der Waals surface area contributed by atoms with Gasteiger partial charge in [0.15, 0.2) is 11.5 Å². The molecule has 2 heterocycles. The van der Waals surface area contributed by atoms with Crippen molar-refractivity contribution in [2.45, 2.75) is 18.3 Å². The van der Waals surface area contributed by atoms with Gasteiger partial charge in [0, 0.05) is 18.9 Å². The lowest BCUT2D eigenvalue weighted by Crippen LogP contribution is -2.39. The Labute approximate surface area is 146 Å². The molecule has 2 aliphatic heterocycles. The molecule has 1 fully saturated rings. The number of anilines is 1. The van der Waals surface area contributed by atoms with E-state index >= 15 is 0 Å². The highest BCUT2D eigenvalue weighted by Gasteiger charge is 2.47. The van der Waals surface area contributed by atoms with Crippen molar-refractivity contribution in [2.75, 3.05) is 32.8 Å². The number of rotatable bonds is 3. The number of amides is 1. The predicted octanol–water partition coefficient (Wildman–Crippen LogP) is 3.37. The second-order valence-electron chi connectivity index (χ2n) is 6.48. The van der Waals surface area contributed by atoms with Gasteiger partial charge in [-0.05, 0) is 47.7 Å². The van der Waals surface area contributed by atoms with Gasteiger partial charge in [-0.1, -0.05) is 18.2 Å². The van der Waals surface area contributed by atoms with Gasteiger partial charge in [-0.15, -0.1) is 0 Å². The minimum atomic E-state index is -0.427. The van der Waals surface area contributed by atoms with Crippen molar-refractivity contribution in [3.8, 4) is 22.6 Å². The van der Waals surface area contributed by atoms with E-state index in [1.807, 2.05) is 24.3 Å². The molecule has 4 rings (SSSR count).